The fraction of sp³-hybridized carbons (Fsp3) is 0.0667. The first-order chi connectivity index (χ1) is 11.3. The van der Waals surface area contributed by atoms with Crippen molar-refractivity contribution >= 4 is 44.4 Å². The number of carbonyl (C=O) groups excluding carboxylic acids is 1. The lowest BCUT2D eigenvalue weighted by atomic mass is 10.2. The van der Waals surface area contributed by atoms with Crippen LogP contribution in [0.1, 0.15) is 15.9 Å². The molecule has 0 radical (unpaired) electrons. The molecule has 0 amide bonds. The van der Waals surface area contributed by atoms with Gasteiger partial charge in [0.1, 0.15) is 7.11 Å². The molecule has 0 aromatic heterocycles. The molecule has 0 N–H and O–H groups in total. The second kappa shape index (κ2) is 9.53. The van der Waals surface area contributed by atoms with Crippen LogP contribution in [0.15, 0.2) is 38.4 Å². The Kier molecular flexibility index (Phi) is 8.06. The molecule has 128 valence electrons. The van der Waals surface area contributed by atoms with Crippen molar-refractivity contribution in [2.75, 3.05) is 7.11 Å². The van der Waals surface area contributed by atoms with Gasteiger partial charge in [0.2, 0.25) is 0 Å². The van der Waals surface area contributed by atoms with Crippen LogP contribution in [0.25, 0.3) is 0 Å². The van der Waals surface area contributed by atoms with Crippen molar-refractivity contribution in [3.8, 4) is 0 Å². The Balaban J connectivity index is 0.000000243. The highest BCUT2D eigenvalue weighted by atomic mass is 79.9. The molecule has 0 aliphatic carbocycles. The van der Waals surface area contributed by atoms with Crippen LogP contribution in [-0.2, 0) is 4.84 Å². The molecule has 0 bridgehead atoms. The van der Waals surface area contributed by atoms with Crippen LogP contribution in [-0.4, -0.2) is 19.6 Å². The maximum atomic E-state index is 13.0. The zero-order valence-electron chi connectivity index (χ0n) is 12.0. The fourth-order valence-electron chi connectivity index (χ4n) is 1.44. The molecule has 0 aliphatic rings. The quantitative estimate of drug-likeness (QED) is 0.202. The van der Waals surface area contributed by atoms with Gasteiger partial charge in [-0.05, 0) is 24.3 Å². The van der Waals surface area contributed by atoms with Gasteiger partial charge in [-0.15, -0.1) is 0 Å². The fourth-order valence-corrected chi connectivity index (χ4v) is 2.34. The van der Waals surface area contributed by atoms with Crippen molar-refractivity contribution in [3.05, 3.63) is 67.6 Å². The highest BCUT2D eigenvalue weighted by molar-refractivity contribution is 9.10. The Labute approximate surface area is 151 Å². The second-order valence-corrected chi connectivity index (χ2v) is 5.95. The molecule has 0 spiro atoms. The summed E-state index contributed by atoms with van der Waals surface area (Å²) >= 11 is 5.95. The summed E-state index contributed by atoms with van der Waals surface area (Å²) in [6, 6.07) is 4.62. The molecule has 0 atom stereocenters. The largest absolute Gasteiger partial charge is 0.399 e. The molecular formula is C15H9Br2F4NO2. The van der Waals surface area contributed by atoms with Crippen molar-refractivity contribution in [1.29, 1.82) is 0 Å². The summed E-state index contributed by atoms with van der Waals surface area (Å²) in [6.07, 6.45) is 1.37. The van der Waals surface area contributed by atoms with Gasteiger partial charge in [-0.25, -0.2) is 17.6 Å². The van der Waals surface area contributed by atoms with Gasteiger partial charge in [0.15, 0.2) is 29.6 Å². The summed E-state index contributed by atoms with van der Waals surface area (Å²) in [7, 11) is 1.32. The Morgan fingerprint density at radius 3 is 1.83 bits per heavy atom. The Hall–Kier alpha value is -1.74. The van der Waals surface area contributed by atoms with Crippen LogP contribution in [0.3, 0.4) is 0 Å². The summed E-state index contributed by atoms with van der Waals surface area (Å²) in [5, 5.41) is 3.33. The first-order valence-electron chi connectivity index (χ1n) is 6.11. The summed E-state index contributed by atoms with van der Waals surface area (Å²) in [5.74, 6) is -4.00. The molecule has 0 saturated heterocycles. The number of halogens is 6. The van der Waals surface area contributed by atoms with Gasteiger partial charge in [-0.2, -0.15) is 0 Å². The lowest BCUT2D eigenvalue weighted by molar-refractivity contribution is 0.111. The van der Waals surface area contributed by atoms with Crippen molar-refractivity contribution in [2.45, 2.75) is 0 Å². The smallest absolute Gasteiger partial charge is 0.169 e. The molecule has 9 heteroatoms. The summed E-state index contributed by atoms with van der Waals surface area (Å²) in [6.45, 7) is 0. The van der Waals surface area contributed by atoms with Crippen molar-refractivity contribution in [2.24, 2.45) is 5.16 Å². The van der Waals surface area contributed by atoms with Gasteiger partial charge in [0.05, 0.1) is 11.8 Å². The number of carbonyl (C=O) groups is 1. The average Bonchev–Trinajstić information content (AvgIpc) is 2.53. The maximum Gasteiger partial charge on any atom is 0.169 e. The minimum atomic E-state index is -1.11. The van der Waals surface area contributed by atoms with Gasteiger partial charge >= 0.3 is 0 Å². The number of hydrogen-bond acceptors (Lipinski definition) is 3. The van der Waals surface area contributed by atoms with E-state index in [1.165, 1.54) is 19.2 Å². The molecule has 0 aliphatic heterocycles. The molecule has 0 fully saturated rings. The third-order valence-electron chi connectivity index (χ3n) is 2.47. The third kappa shape index (κ3) is 5.72. The molecular weight excluding hydrogens is 462 g/mol. The van der Waals surface area contributed by atoms with Gasteiger partial charge < -0.3 is 4.84 Å². The normalized spacial score (nSPS) is 10.3. The van der Waals surface area contributed by atoms with E-state index in [4.69, 9.17) is 0 Å². The molecule has 0 saturated carbocycles. The highest BCUT2D eigenvalue weighted by Gasteiger charge is 2.08. The molecule has 2 aromatic carbocycles. The van der Waals surface area contributed by atoms with E-state index >= 15 is 0 Å². The SMILES string of the molecule is CO/N=C/c1cc(Br)cc(F)c1F.O=Cc1cc(Br)cc(F)c1F. The first-order valence-corrected chi connectivity index (χ1v) is 7.69. The minimum absolute atomic E-state index is 0.0359. The van der Waals surface area contributed by atoms with Gasteiger partial charge in [0, 0.05) is 14.5 Å². The molecule has 2 rings (SSSR count). The van der Waals surface area contributed by atoms with Crippen LogP contribution >= 0.6 is 31.9 Å². The van der Waals surface area contributed by atoms with Crippen LogP contribution in [0, 0.1) is 23.3 Å². The Bertz CT molecular complexity index is 770. The van der Waals surface area contributed by atoms with Crippen molar-refractivity contribution in [1.82, 2.24) is 0 Å². The van der Waals surface area contributed by atoms with Gasteiger partial charge in [-0.1, -0.05) is 37.0 Å². The number of nitrogens with zero attached hydrogens (tertiary/aromatic N) is 1. The highest BCUT2D eigenvalue weighted by Crippen LogP contribution is 2.18. The van der Waals surface area contributed by atoms with E-state index in [2.05, 4.69) is 41.9 Å². The molecule has 24 heavy (non-hydrogen) atoms. The van der Waals surface area contributed by atoms with Gasteiger partial charge in [-0.3, -0.25) is 4.79 Å². The molecule has 3 nitrogen and oxygen atoms in total. The zero-order valence-corrected chi connectivity index (χ0v) is 15.2. The average molecular weight is 471 g/mol. The second-order valence-electron chi connectivity index (χ2n) is 4.12. The van der Waals surface area contributed by atoms with Crippen LogP contribution in [0.4, 0.5) is 17.6 Å². The van der Waals surface area contributed by atoms with Crippen LogP contribution in [0.2, 0.25) is 0 Å². The van der Waals surface area contributed by atoms with E-state index < -0.39 is 23.3 Å². The standard InChI is InChI=1S/C8H6BrF2NO.C7H3BrF2O/c1-13-12-4-5-2-6(9)3-7(10)8(5)11;8-5-1-4(3-11)7(10)6(9)2-5/h2-4H,1H3;1-3H/b12-4+;. The minimum Gasteiger partial charge on any atom is -0.399 e. The number of rotatable bonds is 3. The number of hydrogen-bond donors (Lipinski definition) is 0. The molecule has 0 unspecified atom stereocenters. The van der Waals surface area contributed by atoms with E-state index in [9.17, 15) is 22.4 Å². The third-order valence-corrected chi connectivity index (χ3v) is 3.38. The topological polar surface area (TPSA) is 38.7 Å². The lowest BCUT2D eigenvalue weighted by Crippen LogP contribution is -1.93. The number of aldehydes is 1. The van der Waals surface area contributed by atoms with Gasteiger partial charge in [0.25, 0.3) is 0 Å². The molecule has 2 aromatic rings. The number of oxime groups is 1. The van der Waals surface area contributed by atoms with E-state index in [1.54, 1.807) is 0 Å². The molecule has 0 heterocycles. The zero-order chi connectivity index (χ0) is 18.3. The maximum absolute atomic E-state index is 13.0. The summed E-state index contributed by atoms with van der Waals surface area (Å²) < 4.78 is 51.5. The van der Waals surface area contributed by atoms with Crippen molar-refractivity contribution < 1.29 is 27.2 Å². The summed E-state index contributed by atoms with van der Waals surface area (Å²) in [5.41, 5.74) is -0.245. The van der Waals surface area contributed by atoms with Crippen LogP contribution < -0.4 is 0 Å². The monoisotopic (exact) mass is 469 g/mol. The lowest BCUT2D eigenvalue weighted by Gasteiger charge is -1.98. The Morgan fingerprint density at radius 2 is 1.38 bits per heavy atom. The van der Waals surface area contributed by atoms with Crippen molar-refractivity contribution in [3.63, 3.8) is 0 Å². The predicted molar refractivity (Wildman–Crippen MR) is 88.1 cm³/mol. The first kappa shape index (κ1) is 20.3. The van der Waals surface area contributed by atoms with Crippen LogP contribution in [0.5, 0.6) is 0 Å². The van der Waals surface area contributed by atoms with E-state index in [-0.39, 0.29) is 17.4 Å². The Morgan fingerprint density at radius 1 is 0.917 bits per heavy atom. The van der Waals surface area contributed by atoms with E-state index in [0.717, 1.165) is 18.3 Å². The van der Waals surface area contributed by atoms with E-state index in [1.807, 2.05) is 0 Å². The predicted octanol–water partition coefficient (Wildman–Crippen LogP) is 5.25. The summed E-state index contributed by atoms with van der Waals surface area (Å²) in [4.78, 5) is 14.4. The van der Waals surface area contributed by atoms with E-state index in [0.29, 0.717) is 8.95 Å². The number of benzene rings is 2.